The van der Waals surface area contributed by atoms with Crippen LogP contribution in [0.15, 0.2) is 24.3 Å². The maximum atomic E-state index is 8.84. The van der Waals surface area contributed by atoms with Gasteiger partial charge in [0.1, 0.15) is 0 Å². The van der Waals surface area contributed by atoms with Gasteiger partial charge in [-0.25, -0.2) is 0 Å². The third-order valence-electron chi connectivity index (χ3n) is 2.96. The van der Waals surface area contributed by atoms with Crippen LogP contribution in [-0.2, 0) is 6.54 Å². The third-order valence-corrected chi connectivity index (χ3v) is 2.96. The minimum Gasteiger partial charge on any atom is -0.396 e. The minimum atomic E-state index is 0.302. The molecule has 0 heterocycles. The SMILES string of the molecule is CN(CCCCCCO)Cc1cccc(C#N)c1. The Morgan fingerprint density at radius 1 is 1.22 bits per heavy atom. The van der Waals surface area contributed by atoms with Crippen LogP contribution in [0.5, 0.6) is 0 Å². The van der Waals surface area contributed by atoms with Crippen LogP contribution >= 0.6 is 0 Å². The second kappa shape index (κ2) is 8.68. The molecule has 0 atom stereocenters. The number of rotatable bonds is 8. The van der Waals surface area contributed by atoms with E-state index in [2.05, 4.69) is 24.1 Å². The molecule has 3 heteroatoms. The first-order chi connectivity index (χ1) is 8.76. The first-order valence-electron chi connectivity index (χ1n) is 6.54. The van der Waals surface area contributed by atoms with Gasteiger partial charge in [0.05, 0.1) is 11.6 Å². The second-order valence-corrected chi connectivity index (χ2v) is 4.69. The Balaban J connectivity index is 2.26. The monoisotopic (exact) mass is 246 g/mol. The lowest BCUT2D eigenvalue weighted by Crippen LogP contribution is -2.19. The van der Waals surface area contributed by atoms with E-state index in [0.29, 0.717) is 6.61 Å². The molecule has 0 radical (unpaired) electrons. The number of benzene rings is 1. The molecule has 3 nitrogen and oxygen atoms in total. The van der Waals surface area contributed by atoms with Crippen LogP contribution in [0, 0.1) is 11.3 Å². The summed E-state index contributed by atoms with van der Waals surface area (Å²) in [4.78, 5) is 2.27. The first kappa shape index (κ1) is 14.7. The lowest BCUT2D eigenvalue weighted by molar-refractivity contribution is 0.277. The van der Waals surface area contributed by atoms with Crippen molar-refractivity contribution in [1.29, 1.82) is 5.26 Å². The van der Waals surface area contributed by atoms with Crippen molar-refractivity contribution in [3.63, 3.8) is 0 Å². The summed E-state index contributed by atoms with van der Waals surface area (Å²) in [6.07, 6.45) is 4.35. The van der Waals surface area contributed by atoms with Crippen LogP contribution in [0.25, 0.3) is 0 Å². The number of nitrogens with zero attached hydrogens (tertiary/aromatic N) is 2. The molecule has 18 heavy (non-hydrogen) atoms. The lowest BCUT2D eigenvalue weighted by Gasteiger charge is -2.16. The third kappa shape index (κ3) is 5.81. The summed E-state index contributed by atoms with van der Waals surface area (Å²) in [5.74, 6) is 0. The van der Waals surface area contributed by atoms with Gasteiger partial charge in [0.15, 0.2) is 0 Å². The summed E-state index contributed by atoms with van der Waals surface area (Å²) < 4.78 is 0. The van der Waals surface area contributed by atoms with Gasteiger partial charge < -0.3 is 10.0 Å². The smallest absolute Gasteiger partial charge is 0.0991 e. The molecule has 0 aliphatic rings. The zero-order valence-electron chi connectivity index (χ0n) is 11.1. The molecule has 0 bridgehead atoms. The molecule has 1 N–H and O–H groups in total. The standard InChI is InChI=1S/C15H22N2O/c1-17(9-4-2-3-5-10-18)13-15-8-6-7-14(11-15)12-16/h6-8,11,18H,2-5,9-10,13H2,1H3. The molecule has 0 saturated carbocycles. The molecule has 0 fully saturated rings. The summed E-state index contributed by atoms with van der Waals surface area (Å²) >= 11 is 0. The second-order valence-electron chi connectivity index (χ2n) is 4.69. The van der Waals surface area contributed by atoms with E-state index >= 15 is 0 Å². The Hall–Kier alpha value is -1.37. The van der Waals surface area contributed by atoms with E-state index in [1.54, 1.807) is 0 Å². The molecular formula is C15H22N2O. The highest BCUT2D eigenvalue weighted by Gasteiger charge is 2.01. The van der Waals surface area contributed by atoms with Gasteiger partial charge in [0, 0.05) is 13.2 Å². The molecule has 1 rings (SSSR count). The minimum absolute atomic E-state index is 0.302. The summed E-state index contributed by atoms with van der Waals surface area (Å²) in [6.45, 7) is 2.24. The Morgan fingerprint density at radius 3 is 2.72 bits per heavy atom. The van der Waals surface area contributed by atoms with Crippen molar-refractivity contribution in [3.05, 3.63) is 35.4 Å². The van der Waals surface area contributed by atoms with Gasteiger partial charge in [-0.15, -0.1) is 0 Å². The number of unbranched alkanes of at least 4 members (excludes halogenated alkanes) is 3. The highest BCUT2D eigenvalue weighted by molar-refractivity contribution is 5.32. The molecular weight excluding hydrogens is 224 g/mol. The summed E-state index contributed by atoms with van der Waals surface area (Å²) in [6, 6.07) is 9.94. The topological polar surface area (TPSA) is 47.3 Å². The molecule has 0 aliphatic heterocycles. The van der Waals surface area contributed by atoms with Crippen LogP contribution in [0.3, 0.4) is 0 Å². The highest BCUT2D eigenvalue weighted by atomic mass is 16.2. The van der Waals surface area contributed by atoms with Crippen molar-refractivity contribution in [3.8, 4) is 6.07 Å². The van der Waals surface area contributed by atoms with Crippen molar-refractivity contribution < 1.29 is 5.11 Å². The van der Waals surface area contributed by atoms with E-state index in [1.807, 2.05) is 18.2 Å². The maximum absolute atomic E-state index is 8.84. The number of aliphatic hydroxyl groups excluding tert-OH is 1. The zero-order chi connectivity index (χ0) is 13.2. The quantitative estimate of drug-likeness (QED) is 0.717. The Bertz CT molecular complexity index is 384. The van der Waals surface area contributed by atoms with Crippen molar-refractivity contribution in [2.45, 2.75) is 32.2 Å². The molecule has 0 aliphatic carbocycles. The van der Waals surface area contributed by atoms with Gasteiger partial charge >= 0.3 is 0 Å². The Labute approximate surface area is 110 Å². The average Bonchev–Trinajstić information content (AvgIpc) is 2.38. The fourth-order valence-corrected chi connectivity index (χ4v) is 1.98. The number of hydrogen-bond acceptors (Lipinski definition) is 3. The van der Waals surface area contributed by atoms with E-state index < -0.39 is 0 Å². The Kier molecular flexibility index (Phi) is 7.09. The van der Waals surface area contributed by atoms with Crippen LogP contribution in [0.4, 0.5) is 0 Å². The maximum Gasteiger partial charge on any atom is 0.0991 e. The van der Waals surface area contributed by atoms with Gasteiger partial charge in [-0.05, 0) is 44.1 Å². The van der Waals surface area contributed by atoms with Crippen molar-refractivity contribution in [1.82, 2.24) is 4.90 Å². The van der Waals surface area contributed by atoms with Gasteiger partial charge in [0.2, 0.25) is 0 Å². The number of nitriles is 1. The van der Waals surface area contributed by atoms with Crippen molar-refractivity contribution in [2.24, 2.45) is 0 Å². The van der Waals surface area contributed by atoms with E-state index in [-0.39, 0.29) is 0 Å². The predicted molar refractivity (Wildman–Crippen MR) is 73.0 cm³/mol. The molecule has 0 unspecified atom stereocenters. The van der Waals surface area contributed by atoms with Gasteiger partial charge in [-0.2, -0.15) is 5.26 Å². The average molecular weight is 246 g/mol. The lowest BCUT2D eigenvalue weighted by atomic mass is 10.1. The molecule has 1 aromatic rings. The van der Waals surface area contributed by atoms with Gasteiger partial charge in [-0.3, -0.25) is 0 Å². The van der Waals surface area contributed by atoms with E-state index in [1.165, 1.54) is 12.0 Å². The van der Waals surface area contributed by atoms with Crippen LogP contribution < -0.4 is 0 Å². The highest BCUT2D eigenvalue weighted by Crippen LogP contribution is 2.08. The van der Waals surface area contributed by atoms with Crippen LogP contribution in [0.2, 0.25) is 0 Å². The van der Waals surface area contributed by atoms with Gasteiger partial charge in [-0.1, -0.05) is 25.0 Å². The normalized spacial score (nSPS) is 10.6. The van der Waals surface area contributed by atoms with Crippen molar-refractivity contribution in [2.75, 3.05) is 20.2 Å². The fourth-order valence-electron chi connectivity index (χ4n) is 1.98. The number of aliphatic hydroxyl groups is 1. The molecule has 0 aromatic heterocycles. The van der Waals surface area contributed by atoms with Gasteiger partial charge in [0.25, 0.3) is 0 Å². The molecule has 98 valence electrons. The van der Waals surface area contributed by atoms with E-state index in [0.717, 1.165) is 37.9 Å². The summed E-state index contributed by atoms with van der Waals surface area (Å²) in [5, 5.41) is 17.5. The van der Waals surface area contributed by atoms with E-state index in [9.17, 15) is 0 Å². The molecule has 1 aromatic carbocycles. The largest absolute Gasteiger partial charge is 0.396 e. The number of hydrogen-bond donors (Lipinski definition) is 1. The summed E-state index contributed by atoms with van der Waals surface area (Å²) in [7, 11) is 2.10. The zero-order valence-corrected chi connectivity index (χ0v) is 11.1. The molecule has 0 spiro atoms. The predicted octanol–water partition coefficient (Wildman–Crippen LogP) is 2.54. The Morgan fingerprint density at radius 2 is 2.00 bits per heavy atom. The van der Waals surface area contributed by atoms with Crippen LogP contribution in [0.1, 0.15) is 36.8 Å². The fraction of sp³-hybridized carbons (Fsp3) is 0.533. The first-order valence-corrected chi connectivity index (χ1v) is 6.54. The van der Waals surface area contributed by atoms with Crippen molar-refractivity contribution >= 4 is 0 Å². The molecule has 0 amide bonds. The summed E-state index contributed by atoms with van der Waals surface area (Å²) in [5.41, 5.74) is 1.91. The van der Waals surface area contributed by atoms with Crippen LogP contribution in [-0.4, -0.2) is 30.2 Å². The van der Waals surface area contributed by atoms with E-state index in [4.69, 9.17) is 10.4 Å². The molecule has 0 saturated heterocycles.